The SMILES string of the molecule is C=C(CN)CN1C2CCC1CC(O)C2. The van der Waals surface area contributed by atoms with Gasteiger partial charge in [-0.1, -0.05) is 6.58 Å². The summed E-state index contributed by atoms with van der Waals surface area (Å²) >= 11 is 0. The molecule has 3 N–H and O–H groups in total. The molecule has 0 amide bonds. The molecule has 14 heavy (non-hydrogen) atoms. The van der Waals surface area contributed by atoms with Gasteiger partial charge in [0.25, 0.3) is 0 Å². The fraction of sp³-hybridized carbons (Fsp3) is 0.818. The highest BCUT2D eigenvalue weighted by atomic mass is 16.3. The second-order valence-electron chi connectivity index (χ2n) is 4.64. The summed E-state index contributed by atoms with van der Waals surface area (Å²) in [5, 5.41) is 9.63. The van der Waals surface area contributed by atoms with E-state index in [0.29, 0.717) is 18.6 Å². The lowest BCUT2D eigenvalue weighted by molar-refractivity contribution is 0.0407. The maximum atomic E-state index is 9.63. The smallest absolute Gasteiger partial charge is 0.0570 e. The van der Waals surface area contributed by atoms with E-state index in [4.69, 9.17) is 5.73 Å². The van der Waals surface area contributed by atoms with Crippen LogP contribution in [0.4, 0.5) is 0 Å². The van der Waals surface area contributed by atoms with Crippen molar-refractivity contribution in [3.8, 4) is 0 Å². The van der Waals surface area contributed by atoms with Crippen LogP contribution in [0.2, 0.25) is 0 Å². The van der Waals surface area contributed by atoms with Crippen molar-refractivity contribution in [2.75, 3.05) is 13.1 Å². The van der Waals surface area contributed by atoms with E-state index in [1.807, 2.05) is 0 Å². The number of nitrogens with two attached hydrogens (primary N) is 1. The van der Waals surface area contributed by atoms with Crippen molar-refractivity contribution in [3.63, 3.8) is 0 Å². The molecule has 2 atom stereocenters. The lowest BCUT2D eigenvalue weighted by Crippen LogP contribution is -2.45. The Bertz CT molecular complexity index is 215. The minimum atomic E-state index is -0.0742. The van der Waals surface area contributed by atoms with E-state index in [9.17, 15) is 5.11 Å². The Morgan fingerprint density at radius 2 is 1.93 bits per heavy atom. The van der Waals surface area contributed by atoms with Crippen LogP contribution < -0.4 is 5.73 Å². The van der Waals surface area contributed by atoms with E-state index < -0.39 is 0 Å². The maximum Gasteiger partial charge on any atom is 0.0570 e. The molecule has 0 aromatic rings. The Kier molecular flexibility index (Phi) is 2.91. The first kappa shape index (κ1) is 10.1. The Balaban J connectivity index is 1.97. The number of rotatable bonds is 3. The molecule has 80 valence electrons. The van der Waals surface area contributed by atoms with Crippen LogP contribution in [0.3, 0.4) is 0 Å². The standard InChI is InChI=1S/C11H20N2O/c1-8(6-12)7-13-9-2-3-10(13)5-11(14)4-9/h9-11,14H,1-7,12H2. The Labute approximate surface area is 85.6 Å². The highest BCUT2D eigenvalue weighted by molar-refractivity contribution is 5.05. The number of fused-ring (bicyclic) bond motifs is 2. The van der Waals surface area contributed by atoms with E-state index in [1.165, 1.54) is 12.8 Å². The molecule has 2 rings (SSSR count). The van der Waals surface area contributed by atoms with Gasteiger partial charge in [0.2, 0.25) is 0 Å². The van der Waals surface area contributed by atoms with Crippen LogP contribution in [0, 0.1) is 0 Å². The Morgan fingerprint density at radius 1 is 1.36 bits per heavy atom. The Hall–Kier alpha value is -0.380. The van der Waals surface area contributed by atoms with Gasteiger partial charge in [-0.15, -0.1) is 0 Å². The lowest BCUT2D eigenvalue weighted by Gasteiger charge is -2.37. The third-order valence-electron chi connectivity index (χ3n) is 3.55. The summed E-state index contributed by atoms with van der Waals surface area (Å²) in [7, 11) is 0. The van der Waals surface area contributed by atoms with Crippen molar-refractivity contribution in [2.24, 2.45) is 5.73 Å². The lowest BCUT2D eigenvalue weighted by atomic mass is 9.99. The molecular weight excluding hydrogens is 176 g/mol. The topological polar surface area (TPSA) is 49.5 Å². The van der Waals surface area contributed by atoms with Crippen LogP contribution in [0.25, 0.3) is 0 Å². The molecule has 0 radical (unpaired) electrons. The van der Waals surface area contributed by atoms with Crippen molar-refractivity contribution in [1.29, 1.82) is 0 Å². The van der Waals surface area contributed by atoms with Gasteiger partial charge in [-0.2, -0.15) is 0 Å². The fourth-order valence-electron chi connectivity index (χ4n) is 2.83. The van der Waals surface area contributed by atoms with Crippen LogP contribution in [0.1, 0.15) is 25.7 Å². The molecule has 3 heteroatoms. The molecule has 0 aliphatic carbocycles. The summed E-state index contributed by atoms with van der Waals surface area (Å²) in [6, 6.07) is 1.15. The maximum absolute atomic E-state index is 9.63. The van der Waals surface area contributed by atoms with Gasteiger partial charge in [-0.25, -0.2) is 0 Å². The summed E-state index contributed by atoms with van der Waals surface area (Å²) in [5.74, 6) is 0. The minimum Gasteiger partial charge on any atom is -0.393 e. The van der Waals surface area contributed by atoms with Crippen molar-refractivity contribution < 1.29 is 5.11 Å². The van der Waals surface area contributed by atoms with Gasteiger partial charge in [0.15, 0.2) is 0 Å². The highest BCUT2D eigenvalue weighted by Crippen LogP contribution is 2.35. The first-order chi connectivity index (χ1) is 6.70. The average Bonchev–Trinajstić information content (AvgIpc) is 2.41. The summed E-state index contributed by atoms with van der Waals surface area (Å²) in [6.45, 7) is 5.46. The van der Waals surface area contributed by atoms with E-state index in [0.717, 1.165) is 25.0 Å². The summed E-state index contributed by atoms with van der Waals surface area (Å²) in [4.78, 5) is 2.49. The molecule has 3 nitrogen and oxygen atoms in total. The van der Waals surface area contributed by atoms with E-state index in [-0.39, 0.29) is 6.10 Å². The monoisotopic (exact) mass is 196 g/mol. The van der Waals surface area contributed by atoms with Crippen molar-refractivity contribution >= 4 is 0 Å². The van der Waals surface area contributed by atoms with Crippen LogP contribution in [0.15, 0.2) is 12.2 Å². The first-order valence-corrected chi connectivity index (χ1v) is 5.51. The Morgan fingerprint density at radius 3 is 2.43 bits per heavy atom. The molecule has 2 aliphatic heterocycles. The second kappa shape index (κ2) is 4.01. The molecule has 2 bridgehead atoms. The molecule has 2 unspecified atom stereocenters. The van der Waals surface area contributed by atoms with Crippen LogP contribution in [-0.2, 0) is 0 Å². The predicted molar refractivity (Wildman–Crippen MR) is 57.0 cm³/mol. The van der Waals surface area contributed by atoms with E-state index in [1.54, 1.807) is 0 Å². The molecule has 0 aromatic carbocycles. The minimum absolute atomic E-state index is 0.0742. The number of aliphatic hydroxyl groups is 1. The third-order valence-corrected chi connectivity index (χ3v) is 3.55. The normalized spacial score (nSPS) is 37.4. The highest BCUT2D eigenvalue weighted by Gasteiger charge is 2.39. The number of aliphatic hydroxyl groups excluding tert-OH is 1. The van der Waals surface area contributed by atoms with Gasteiger partial charge in [0, 0.05) is 25.2 Å². The number of hydrogen-bond acceptors (Lipinski definition) is 3. The quantitative estimate of drug-likeness (QED) is 0.646. The van der Waals surface area contributed by atoms with Gasteiger partial charge in [-0.3, -0.25) is 4.90 Å². The zero-order valence-corrected chi connectivity index (χ0v) is 8.65. The molecule has 2 saturated heterocycles. The second-order valence-corrected chi connectivity index (χ2v) is 4.64. The average molecular weight is 196 g/mol. The van der Waals surface area contributed by atoms with Gasteiger partial charge < -0.3 is 10.8 Å². The van der Waals surface area contributed by atoms with Crippen LogP contribution in [0.5, 0.6) is 0 Å². The van der Waals surface area contributed by atoms with Crippen LogP contribution >= 0.6 is 0 Å². The largest absolute Gasteiger partial charge is 0.393 e. The number of piperidine rings is 1. The number of hydrogen-bond donors (Lipinski definition) is 2. The van der Waals surface area contributed by atoms with Gasteiger partial charge in [0.05, 0.1) is 6.10 Å². The summed E-state index contributed by atoms with van der Waals surface area (Å²) < 4.78 is 0. The fourth-order valence-corrected chi connectivity index (χ4v) is 2.83. The van der Waals surface area contributed by atoms with E-state index >= 15 is 0 Å². The molecule has 2 fully saturated rings. The van der Waals surface area contributed by atoms with Crippen molar-refractivity contribution in [2.45, 2.75) is 43.9 Å². The summed E-state index contributed by atoms with van der Waals surface area (Å²) in [6.07, 6.45) is 4.27. The molecule has 0 aromatic heterocycles. The van der Waals surface area contributed by atoms with Gasteiger partial charge in [0.1, 0.15) is 0 Å². The van der Waals surface area contributed by atoms with Crippen molar-refractivity contribution in [1.82, 2.24) is 4.90 Å². The van der Waals surface area contributed by atoms with Gasteiger partial charge >= 0.3 is 0 Å². The van der Waals surface area contributed by atoms with E-state index in [2.05, 4.69) is 11.5 Å². The van der Waals surface area contributed by atoms with Crippen molar-refractivity contribution in [3.05, 3.63) is 12.2 Å². The molecule has 2 aliphatic rings. The molecule has 0 spiro atoms. The number of nitrogens with zero attached hydrogens (tertiary/aromatic N) is 1. The predicted octanol–water partition coefficient (Wildman–Crippen LogP) is 0.489. The van der Waals surface area contributed by atoms with Crippen LogP contribution in [-0.4, -0.2) is 41.3 Å². The summed E-state index contributed by atoms with van der Waals surface area (Å²) in [5.41, 5.74) is 6.66. The third kappa shape index (κ3) is 1.85. The van der Waals surface area contributed by atoms with Gasteiger partial charge in [-0.05, 0) is 31.3 Å². The first-order valence-electron chi connectivity index (χ1n) is 5.51. The molecule has 0 saturated carbocycles. The zero-order valence-electron chi connectivity index (χ0n) is 8.65. The zero-order chi connectivity index (χ0) is 10.1. The molecule has 2 heterocycles. The molecular formula is C11H20N2O.